The Kier molecular flexibility index (Phi) is 6.69. The maximum Gasteiger partial charge on any atom is 0.326 e. The number of aliphatic carboxylic acids is 2. The van der Waals surface area contributed by atoms with Crippen molar-refractivity contribution >= 4 is 44.0 Å². The van der Waals surface area contributed by atoms with Crippen LogP contribution >= 0.6 is 0 Å². The molecule has 0 aliphatic carbocycles. The molecule has 13 nitrogen and oxygen atoms in total. The van der Waals surface area contributed by atoms with Crippen LogP contribution < -0.4 is 0 Å². The van der Waals surface area contributed by atoms with Gasteiger partial charge >= 0.3 is 16.0 Å². The first-order valence-corrected chi connectivity index (χ1v) is 10.3. The second-order valence-electron chi connectivity index (χ2n) is 5.80. The second kappa shape index (κ2) is 7.87. The Morgan fingerprint density at radius 1 is 1.00 bits per heavy atom. The smallest absolute Gasteiger partial charge is 0.326 e. The van der Waals surface area contributed by atoms with E-state index in [0.717, 1.165) is 0 Å². The van der Waals surface area contributed by atoms with E-state index >= 15 is 0 Å². The van der Waals surface area contributed by atoms with Gasteiger partial charge in [-0.1, -0.05) is 12.8 Å². The molecule has 1 aliphatic rings. The van der Waals surface area contributed by atoms with Crippen LogP contribution in [0.1, 0.15) is 38.5 Å². The zero-order chi connectivity index (χ0) is 21.2. The molecule has 1 atom stereocenters. The molecule has 4 N–H and O–H groups in total. The van der Waals surface area contributed by atoms with Crippen LogP contribution in [0.25, 0.3) is 0 Å². The summed E-state index contributed by atoms with van der Waals surface area (Å²) in [7, 11) is -11.7. The number of amides is 2. The minimum Gasteiger partial charge on any atom is -0.481 e. The quantitative estimate of drug-likeness (QED) is 0.180. The van der Waals surface area contributed by atoms with E-state index in [0.29, 0.717) is 0 Å². The molecule has 0 saturated carbocycles. The summed E-state index contributed by atoms with van der Waals surface area (Å²) in [6.07, 6.45) is -1.90. The molecule has 0 aromatic rings. The predicted molar refractivity (Wildman–Crippen MR) is 84.4 cm³/mol. The normalized spacial score (nSPS) is 18.5. The van der Waals surface area contributed by atoms with Crippen LogP contribution in [-0.4, -0.2) is 74.9 Å². The molecule has 154 valence electrons. The molecule has 1 aliphatic heterocycles. The maximum absolute atomic E-state index is 12.3. The summed E-state index contributed by atoms with van der Waals surface area (Å²) in [5, 5.41) is 17.7. The predicted octanol–water partition coefficient (Wildman–Crippen LogP) is -1.29. The zero-order valence-electron chi connectivity index (χ0n) is 13.6. The number of carboxylic acid groups (broad SMARTS) is 2. The Labute approximate surface area is 153 Å². The zero-order valence-corrected chi connectivity index (χ0v) is 15.3. The molecule has 1 heterocycles. The van der Waals surface area contributed by atoms with E-state index in [1.165, 1.54) is 0 Å². The van der Waals surface area contributed by atoms with Gasteiger partial charge in [0.05, 0.1) is 6.42 Å². The van der Waals surface area contributed by atoms with Crippen molar-refractivity contribution in [2.75, 3.05) is 0 Å². The van der Waals surface area contributed by atoms with E-state index in [1.54, 1.807) is 0 Å². The average Bonchev–Trinajstić information content (AvgIpc) is 2.74. The van der Waals surface area contributed by atoms with Gasteiger partial charge in [0.1, 0.15) is 6.04 Å². The Hall–Kier alpha value is -2.10. The van der Waals surface area contributed by atoms with Crippen molar-refractivity contribution in [1.82, 2.24) is 4.90 Å². The molecule has 2 amide bonds. The number of unbranched alkanes of at least 4 members (excludes halogenated alkanes) is 2. The first-order valence-electron chi connectivity index (χ1n) is 7.42. The lowest BCUT2D eigenvalue weighted by atomic mass is 10.1. The first-order chi connectivity index (χ1) is 12.2. The molecular weight excluding hydrogens is 414 g/mol. The molecule has 0 radical (unpaired) electrons. The first kappa shape index (κ1) is 22.9. The summed E-state index contributed by atoms with van der Waals surface area (Å²) in [4.78, 5) is 46.0. The van der Waals surface area contributed by atoms with Crippen LogP contribution in [0.3, 0.4) is 0 Å². The highest BCUT2D eigenvalue weighted by atomic mass is 32.3. The number of rotatable bonds is 10. The van der Waals surface area contributed by atoms with Gasteiger partial charge < -0.3 is 10.2 Å². The highest BCUT2D eigenvalue weighted by Crippen LogP contribution is 2.38. The third-order valence-electron chi connectivity index (χ3n) is 4.00. The molecule has 1 saturated heterocycles. The van der Waals surface area contributed by atoms with E-state index in [9.17, 15) is 41.1 Å². The van der Waals surface area contributed by atoms with Crippen LogP contribution in [0.15, 0.2) is 0 Å². The summed E-state index contributed by atoms with van der Waals surface area (Å²) >= 11 is 0. The fraction of sp³-hybridized carbons (Fsp3) is 0.667. The number of carbonyl (C=O) groups is 4. The number of hydrogen-bond acceptors (Lipinski definition) is 8. The number of carboxylic acids is 2. The third-order valence-corrected chi connectivity index (χ3v) is 7.56. The highest BCUT2D eigenvalue weighted by Gasteiger charge is 2.70. The van der Waals surface area contributed by atoms with E-state index in [-0.39, 0.29) is 30.6 Å². The summed E-state index contributed by atoms with van der Waals surface area (Å²) in [6, 6.07) is -1.96. The minimum atomic E-state index is -5.84. The molecule has 1 unspecified atom stereocenters. The number of imide groups is 1. The SMILES string of the molecule is O=C(O)CCCCCC(C(=O)O)N1C(=O)CC(S(=O)(=O)O)(S(=O)(=O)O)C1=O. The van der Waals surface area contributed by atoms with Gasteiger partial charge in [0.2, 0.25) is 5.91 Å². The standard InChI is InChI=1S/C12H17NO12S2/c14-8-6-12(26(20,21)22,27(23,24)25)11(19)13(8)7(10(17)18)4-2-1-3-5-9(15)16/h7H,1-6H2,(H,15,16)(H,17,18)(H,20,21,22)(H,23,24,25). The van der Waals surface area contributed by atoms with Crippen LogP contribution in [0.5, 0.6) is 0 Å². The van der Waals surface area contributed by atoms with Crippen molar-refractivity contribution in [2.45, 2.75) is 48.6 Å². The van der Waals surface area contributed by atoms with Crippen molar-refractivity contribution in [3.63, 3.8) is 0 Å². The summed E-state index contributed by atoms with van der Waals surface area (Å²) < 4.78 is 60.3. The highest BCUT2D eigenvalue weighted by molar-refractivity contribution is 8.06. The Morgan fingerprint density at radius 2 is 1.52 bits per heavy atom. The maximum atomic E-state index is 12.3. The molecule has 0 aromatic carbocycles. The summed E-state index contributed by atoms with van der Waals surface area (Å²) in [6.45, 7) is 0. The molecule has 1 fully saturated rings. The van der Waals surface area contributed by atoms with Gasteiger partial charge in [-0.05, 0) is 12.8 Å². The van der Waals surface area contributed by atoms with Gasteiger partial charge in [-0.3, -0.25) is 28.4 Å². The molecule has 0 spiro atoms. The number of nitrogens with zero attached hydrogens (tertiary/aromatic N) is 1. The van der Waals surface area contributed by atoms with Crippen LogP contribution in [0.2, 0.25) is 0 Å². The van der Waals surface area contributed by atoms with Crippen molar-refractivity contribution < 1.29 is 55.3 Å². The van der Waals surface area contributed by atoms with E-state index in [1.807, 2.05) is 0 Å². The van der Waals surface area contributed by atoms with Crippen molar-refractivity contribution in [1.29, 1.82) is 0 Å². The Bertz CT molecular complexity index is 827. The van der Waals surface area contributed by atoms with Gasteiger partial charge in [-0.2, -0.15) is 16.8 Å². The van der Waals surface area contributed by atoms with E-state index in [2.05, 4.69) is 0 Å². The lowest BCUT2D eigenvalue weighted by Gasteiger charge is -2.25. The lowest BCUT2D eigenvalue weighted by molar-refractivity contribution is -0.154. The summed E-state index contributed by atoms with van der Waals surface area (Å²) in [5.74, 6) is -6.44. The van der Waals surface area contributed by atoms with Crippen LogP contribution in [0, 0.1) is 0 Å². The molecule has 27 heavy (non-hydrogen) atoms. The van der Waals surface area contributed by atoms with Crippen molar-refractivity contribution in [3.8, 4) is 0 Å². The minimum absolute atomic E-state index is 0.0199. The van der Waals surface area contributed by atoms with Crippen LogP contribution in [0.4, 0.5) is 0 Å². The van der Waals surface area contributed by atoms with Crippen molar-refractivity contribution in [2.24, 2.45) is 0 Å². The fourth-order valence-corrected chi connectivity index (χ4v) is 4.98. The fourth-order valence-electron chi connectivity index (χ4n) is 2.66. The molecule has 0 aromatic heterocycles. The molecule has 0 bridgehead atoms. The topological polar surface area (TPSA) is 221 Å². The number of hydrogen-bond donors (Lipinski definition) is 4. The van der Waals surface area contributed by atoms with Gasteiger partial charge in [0.25, 0.3) is 26.1 Å². The molecular formula is C12H17NO12S2. The van der Waals surface area contributed by atoms with Gasteiger partial charge in [-0.15, -0.1) is 0 Å². The Balaban J connectivity index is 3.16. The molecule has 15 heteroatoms. The summed E-state index contributed by atoms with van der Waals surface area (Å²) in [5.41, 5.74) is 0. The van der Waals surface area contributed by atoms with E-state index < -0.39 is 67.0 Å². The van der Waals surface area contributed by atoms with Crippen LogP contribution in [-0.2, 0) is 39.4 Å². The largest absolute Gasteiger partial charge is 0.481 e. The van der Waals surface area contributed by atoms with Gasteiger partial charge in [0.15, 0.2) is 0 Å². The van der Waals surface area contributed by atoms with Gasteiger partial charge in [0, 0.05) is 6.42 Å². The lowest BCUT2D eigenvalue weighted by Crippen LogP contribution is -2.55. The number of likely N-dealkylation sites (tertiary alicyclic amines) is 1. The van der Waals surface area contributed by atoms with Gasteiger partial charge in [-0.25, -0.2) is 4.79 Å². The monoisotopic (exact) mass is 431 g/mol. The third kappa shape index (κ3) is 4.42. The van der Waals surface area contributed by atoms with E-state index in [4.69, 9.17) is 14.2 Å². The second-order valence-corrected chi connectivity index (χ2v) is 9.35. The number of carbonyl (C=O) groups excluding carboxylic acids is 2. The average molecular weight is 431 g/mol. The molecule has 1 rings (SSSR count). The van der Waals surface area contributed by atoms with Crippen molar-refractivity contribution in [3.05, 3.63) is 0 Å². The Morgan fingerprint density at radius 3 is 1.89 bits per heavy atom.